The topological polar surface area (TPSA) is 33.5 Å². The van der Waals surface area contributed by atoms with E-state index in [2.05, 4.69) is 17.1 Å². The Balaban J connectivity index is 0.00000884. The number of benzene rings is 8. The predicted molar refractivity (Wildman–Crippen MR) is 313 cm³/mol. The Labute approximate surface area is 488 Å². The van der Waals surface area contributed by atoms with Gasteiger partial charge in [0, 0.05) is 75.2 Å². The van der Waals surface area contributed by atoms with Crippen molar-refractivity contribution < 1.29 is 49.1 Å². The van der Waals surface area contributed by atoms with E-state index in [1.54, 1.807) is 111 Å². The molecule has 0 saturated carbocycles. The number of aromatic nitrogens is 2. The van der Waals surface area contributed by atoms with E-state index in [0.29, 0.717) is 45.6 Å². The predicted octanol–water partition coefficient (Wildman–Crippen LogP) is 18.8. The molecular weight excluding hydrogens is 1110 g/mol. The van der Waals surface area contributed by atoms with Crippen molar-refractivity contribution in [2.75, 3.05) is 9.80 Å². The van der Waals surface area contributed by atoms with Crippen molar-refractivity contribution in [1.29, 1.82) is 0 Å². The van der Waals surface area contributed by atoms with Crippen LogP contribution in [0.2, 0.25) is 0 Å². The first-order valence-electron chi connectivity index (χ1n) is 33.8. The van der Waals surface area contributed by atoms with Gasteiger partial charge in [0.25, 0.3) is 0 Å². The van der Waals surface area contributed by atoms with Crippen LogP contribution in [0.5, 0.6) is 11.5 Å². The average molecular weight is 1190 g/mol. The second kappa shape index (κ2) is 19.7. The van der Waals surface area contributed by atoms with Gasteiger partial charge in [0.1, 0.15) is 5.82 Å². The molecule has 0 spiro atoms. The summed E-state index contributed by atoms with van der Waals surface area (Å²) in [5, 5.41) is 0.632. The second-order valence-corrected chi connectivity index (χ2v) is 21.9. The Morgan fingerprint density at radius 1 is 0.671 bits per heavy atom. The summed E-state index contributed by atoms with van der Waals surface area (Å²) in [6.45, 7) is 18.7. The Hall–Kier alpha value is -7.20. The summed E-state index contributed by atoms with van der Waals surface area (Å²) >= 11 is 0. The fourth-order valence-corrected chi connectivity index (χ4v) is 10.2. The van der Waals surface area contributed by atoms with Crippen molar-refractivity contribution >= 4 is 44.6 Å². The van der Waals surface area contributed by atoms with Gasteiger partial charge in [-0.05, 0) is 122 Å². The van der Waals surface area contributed by atoms with Crippen LogP contribution < -0.4 is 14.5 Å². The molecule has 76 heavy (non-hydrogen) atoms. The molecule has 0 fully saturated rings. The van der Waals surface area contributed by atoms with Gasteiger partial charge in [-0.1, -0.05) is 183 Å². The fraction of sp³-hybridized carbons (Fsp3) is 0.229. The van der Waals surface area contributed by atoms with Gasteiger partial charge in [-0.25, -0.2) is 4.98 Å². The zero-order chi connectivity index (χ0) is 66.7. The summed E-state index contributed by atoms with van der Waals surface area (Å²) in [5.74, 6) is 0.153. The molecule has 3 heterocycles. The van der Waals surface area contributed by atoms with Crippen LogP contribution in [0, 0.1) is 24.7 Å². The number of hydrogen-bond acceptors (Lipinski definition) is 4. The normalized spacial score (nSPS) is 18.1. The van der Waals surface area contributed by atoms with Crippen LogP contribution in [0.1, 0.15) is 121 Å². The molecule has 1 aliphatic heterocycles. The molecule has 6 heteroatoms. The van der Waals surface area contributed by atoms with Crippen LogP contribution in [0.25, 0.3) is 61.0 Å². The Morgan fingerprint density at radius 2 is 1.36 bits per heavy atom. The molecule has 0 atom stereocenters. The van der Waals surface area contributed by atoms with Crippen molar-refractivity contribution in [3.8, 4) is 50.7 Å². The molecular formula is C70H65N4OPt-3. The number of anilines is 4. The summed E-state index contributed by atoms with van der Waals surface area (Å²) in [7, 11) is 0. The molecule has 0 amide bonds. The van der Waals surface area contributed by atoms with E-state index in [1.165, 1.54) is 6.20 Å². The van der Waals surface area contributed by atoms with Gasteiger partial charge in [-0.15, -0.1) is 48.1 Å². The van der Waals surface area contributed by atoms with Crippen LogP contribution in [-0.4, -0.2) is 9.55 Å². The standard InChI is InChI=1S/C70H65N4O.Pt/c1-46(2)39-47-35-38-71-66(40-47)74-62-24-11-10-21-58(62)59-33-32-55(44-65(59)74)75-54-20-15-19-53(43-54)72-45-73(64-26-13-12-25-63(64)72)67-56(49-29-27-48(28-30-49)50-17-14-18-52(41-50)68(3,4)5)22-16-23-57(67)51-31-34-60-61(42-51)70(8,9)37-36-69(60,6)7;/h10-35,38,40-42,45-46H,36-37,39H2,1-9H3;/q-3;/i10D,11D,14D,17D,18D,21D,24D,27D,28D,29D,30D,31D,34D,39D2,41D,42D;. The zero-order valence-corrected chi connectivity index (χ0v) is 46.0. The van der Waals surface area contributed by atoms with Gasteiger partial charge in [0.2, 0.25) is 0 Å². The van der Waals surface area contributed by atoms with E-state index in [0.717, 1.165) is 6.42 Å². The Bertz CT molecular complexity index is 4780. The Morgan fingerprint density at radius 3 is 2.12 bits per heavy atom. The van der Waals surface area contributed by atoms with Gasteiger partial charge in [0.05, 0.1) is 20.6 Å². The summed E-state index contributed by atoms with van der Waals surface area (Å²) < 4.78 is 166. The minimum atomic E-state index is -1.78. The van der Waals surface area contributed by atoms with Gasteiger partial charge in [0.15, 0.2) is 0 Å². The molecule has 8 aromatic carbocycles. The minimum absolute atomic E-state index is 0. The third-order valence-electron chi connectivity index (χ3n) is 14.2. The van der Waals surface area contributed by atoms with Crippen molar-refractivity contribution in [3.63, 3.8) is 0 Å². The molecule has 5 nitrogen and oxygen atoms in total. The van der Waals surface area contributed by atoms with Gasteiger partial charge >= 0.3 is 0 Å². The van der Waals surface area contributed by atoms with Gasteiger partial charge in [-0.3, -0.25) is 0 Å². The van der Waals surface area contributed by atoms with Gasteiger partial charge < -0.3 is 19.1 Å². The van der Waals surface area contributed by atoms with Crippen molar-refractivity contribution in [1.82, 2.24) is 9.55 Å². The molecule has 12 rings (SSSR count). The number of ether oxygens (including phenoxy) is 1. The van der Waals surface area contributed by atoms with E-state index in [4.69, 9.17) is 17.1 Å². The number of rotatable bonds is 10. The van der Waals surface area contributed by atoms with E-state index in [1.807, 2.05) is 56.9 Å². The summed E-state index contributed by atoms with van der Waals surface area (Å²) in [5.41, 5.74) is 1.59. The third-order valence-corrected chi connectivity index (χ3v) is 14.2. The van der Waals surface area contributed by atoms with Crippen LogP contribution >= 0.6 is 0 Å². The first-order valence-corrected chi connectivity index (χ1v) is 25.3. The average Bonchev–Trinajstić information content (AvgIpc) is 1.70. The van der Waals surface area contributed by atoms with E-state index >= 15 is 0 Å². The molecule has 0 bridgehead atoms. The van der Waals surface area contributed by atoms with Crippen LogP contribution in [0.15, 0.2) is 182 Å². The molecule has 384 valence electrons. The first-order chi connectivity index (χ1) is 43.1. The smallest absolute Gasteiger partial charge is 0.135 e. The van der Waals surface area contributed by atoms with E-state index in [-0.39, 0.29) is 142 Å². The monoisotopic (exact) mass is 1190 g/mol. The van der Waals surface area contributed by atoms with Crippen molar-refractivity contribution in [3.05, 3.63) is 223 Å². The zero-order valence-electron chi connectivity index (χ0n) is 60.7. The Kier molecular flexibility index (Phi) is 8.95. The van der Waals surface area contributed by atoms with Crippen LogP contribution in [0.4, 0.5) is 22.7 Å². The molecule has 10 aromatic rings. The summed E-state index contributed by atoms with van der Waals surface area (Å²) in [4.78, 5) is 8.23. The molecule has 2 aliphatic rings. The number of fused-ring (bicyclic) bond motifs is 5. The van der Waals surface area contributed by atoms with Gasteiger partial charge in [-0.2, -0.15) is 12.1 Å². The van der Waals surface area contributed by atoms with Crippen molar-refractivity contribution in [2.24, 2.45) is 5.92 Å². The number of nitrogens with zero attached hydrogens (tertiary/aromatic N) is 4. The first kappa shape index (κ1) is 34.5. The number of hydrogen-bond donors (Lipinski definition) is 0. The largest absolute Gasteiger partial charge is 0.509 e. The maximum Gasteiger partial charge on any atom is 0.135 e. The number of para-hydroxylation sites is 4. The molecule has 0 radical (unpaired) electrons. The second-order valence-electron chi connectivity index (χ2n) is 21.9. The quantitative estimate of drug-likeness (QED) is 0.128. The van der Waals surface area contributed by atoms with E-state index in [9.17, 15) is 11.0 Å². The summed E-state index contributed by atoms with van der Waals surface area (Å²) in [6.07, 6.45) is 1.11. The molecule has 0 saturated heterocycles. The SMILES string of the molecule is [2H]c1c([2H])c(-c2c([2H])c([2H])c(-c3cccc(-c4c([2H])c([2H])c5c(c4[2H])C(C)(C)CCC5(C)C)c3N3[CH-]N(c4[c-]c(Oc5[c-]c6c(cc5)c5c([2H])c([2H])c([2H])c([2H])c5n6-c5cc(C([2H])([2H])C(C)C)ccn5)ccc4)c4ccccc43)c([2H])c2[2H])c([2H])c(C(C)(C)C)c1[2H].[Pt]. The molecule has 0 N–H and O–H groups in total. The fourth-order valence-electron chi connectivity index (χ4n) is 10.2. The van der Waals surface area contributed by atoms with Crippen LogP contribution in [0.3, 0.4) is 0 Å². The molecule has 0 unspecified atom stereocenters. The van der Waals surface area contributed by atoms with E-state index < -0.39 is 76.9 Å². The maximum atomic E-state index is 10.2. The maximum absolute atomic E-state index is 10.2. The van der Waals surface area contributed by atoms with Crippen LogP contribution in [-0.2, 0) is 43.7 Å². The van der Waals surface area contributed by atoms with Crippen molar-refractivity contribution in [2.45, 2.75) is 97.8 Å². The number of pyridine rings is 1. The molecule has 1 aliphatic carbocycles. The molecule has 2 aromatic heterocycles. The minimum Gasteiger partial charge on any atom is -0.509 e. The summed E-state index contributed by atoms with van der Waals surface area (Å²) in [6, 6.07) is 25.0. The third kappa shape index (κ3) is 9.36.